The molecule has 0 saturated carbocycles. The van der Waals surface area contributed by atoms with Crippen LogP contribution >= 0.6 is 11.3 Å². The monoisotopic (exact) mass is 408 g/mol. The molecule has 0 amide bonds. The first-order valence-electron chi connectivity index (χ1n) is 10.1. The molecule has 2 aliphatic rings. The van der Waals surface area contributed by atoms with Gasteiger partial charge in [-0.1, -0.05) is 24.3 Å². The molecule has 2 aromatic heterocycles. The smallest absolute Gasteiger partial charge is 0.323 e. The zero-order valence-electron chi connectivity index (χ0n) is 16.5. The maximum Gasteiger partial charge on any atom is 0.323 e. The van der Waals surface area contributed by atoms with Crippen molar-refractivity contribution in [2.24, 2.45) is 0 Å². The number of ether oxygens (including phenoxy) is 1. The molecule has 0 bridgehead atoms. The minimum absolute atomic E-state index is 0.222. The van der Waals surface area contributed by atoms with E-state index in [1.54, 1.807) is 11.3 Å². The van der Waals surface area contributed by atoms with Gasteiger partial charge in [-0.2, -0.15) is 0 Å². The molecule has 7 heteroatoms. The van der Waals surface area contributed by atoms with Gasteiger partial charge in [-0.15, -0.1) is 11.3 Å². The number of nitrogens with zero attached hydrogens (tertiary/aromatic N) is 3. The van der Waals surface area contributed by atoms with Gasteiger partial charge in [-0.25, -0.2) is 9.97 Å². The quantitative estimate of drug-likeness (QED) is 0.670. The Morgan fingerprint density at radius 2 is 2.03 bits per heavy atom. The van der Waals surface area contributed by atoms with Crippen LogP contribution in [0.15, 0.2) is 24.3 Å². The molecule has 29 heavy (non-hydrogen) atoms. The molecular weight excluding hydrogens is 384 g/mol. The second-order valence-corrected chi connectivity index (χ2v) is 8.92. The number of aromatic nitrogens is 2. The predicted octanol–water partition coefficient (Wildman–Crippen LogP) is 3.25. The molecule has 2 N–H and O–H groups in total. The van der Waals surface area contributed by atoms with Crippen LogP contribution in [0.3, 0.4) is 0 Å². The van der Waals surface area contributed by atoms with Crippen LogP contribution in [-0.4, -0.2) is 34.0 Å². The highest BCUT2D eigenvalue weighted by Crippen LogP contribution is 2.38. The standard InChI is InChI=1S/C22H24N4O2S/c1-28-22(27)16-10-13-6-2-3-7-14(13)11-26(16)12-18-24-20(23)19-15-8-4-5-9-17(15)29-21(19)25-18/h2-3,6-7,16H,4-5,8-12H2,1H3,(H2,23,24,25). The molecule has 3 aromatic rings. The maximum atomic E-state index is 12.5. The zero-order chi connectivity index (χ0) is 20.0. The Balaban J connectivity index is 1.49. The average molecular weight is 409 g/mol. The number of thiophene rings is 1. The summed E-state index contributed by atoms with van der Waals surface area (Å²) in [5, 5.41) is 1.04. The van der Waals surface area contributed by atoms with Crippen LogP contribution in [0.4, 0.5) is 5.82 Å². The SMILES string of the molecule is COC(=O)C1Cc2ccccc2CN1Cc1nc(N)c2c3c(sc2n1)CCCC3. The molecule has 0 fully saturated rings. The molecule has 0 saturated heterocycles. The number of anilines is 1. The fourth-order valence-corrected chi connectivity index (χ4v) is 5.88. The maximum absolute atomic E-state index is 12.5. The van der Waals surface area contributed by atoms with Gasteiger partial charge >= 0.3 is 5.97 Å². The summed E-state index contributed by atoms with van der Waals surface area (Å²) in [4.78, 5) is 26.4. The molecule has 6 nitrogen and oxygen atoms in total. The summed E-state index contributed by atoms with van der Waals surface area (Å²) in [5.41, 5.74) is 10.1. The van der Waals surface area contributed by atoms with Gasteiger partial charge in [0.05, 0.1) is 19.0 Å². The molecule has 1 unspecified atom stereocenters. The molecule has 150 valence electrons. The van der Waals surface area contributed by atoms with Crippen LogP contribution in [0.2, 0.25) is 0 Å². The van der Waals surface area contributed by atoms with Gasteiger partial charge in [0.1, 0.15) is 22.5 Å². The fraction of sp³-hybridized carbons (Fsp3) is 0.409. The van der Waals surface area contributed by atoms with Gasteiger partial charge in [0, 0.05) is 11.4 Å². The van der Waals surface area contributed by atoms with E-state index in [2.05, 4.69) is 22.0 Å². The Hall–Kier alpha value is -2.51. The lowest BCUT2D eigenvalue weighted by Gasteiger charge is -2.34. The Morgan fingerprint density at radius 1 is 1.24 bits per heavy atom. The van der Waals surface area contributed by atoms with E-state index in [1.807, 2.05) is 12.1 Å². The molecule has 1 atom stereocenters. The Labute approximate surface area is 173 Å². The minimum atomic E-state index is -0.341. The number of benzene rings is 1. The van der Waals surface area contributed by atoms with Crippen LogP contribution in [0.1, 0.15) is 40.2 Å². The largest absolute Gasteiger partial charge is 0.468 e. The number of methoxy groups -OCH3 is 1. The Bertz CT molecular complexity index is 1090. The number of fused-ring (bicyclic) bond motifs is 4. The topological polar surface area (TPSA) is 81.3 Å². The van der Waals surface area contributed by atoms with E-state index in [4.69, 9.17) is 15.5 Å². The number of esters is 1. The zero-order valence-corrected chi connectivity index (χ0v) is 17.3. The summed E-state index contributed by atoms with van der Waals surface area (Å²) in [6.45, 7) is 1.13. The molecule has 1 aliphatic carbocycles. The van der Waals surface area contributed by atoms with Crippen molar-refractivity contribution in [3.63, 3.8) is 0 Å². The van der Waals surface area contributed by atoms with Crippen molar-refractivity contribution < 1.29 is 9.53 Å². The van der Waals surface area contributed by atoms with Crippen LogP contribution in [-0.2, 0) is 41.9 Å². The summed E-state index contributed by atoms with van der Waals surface area (Å²) in [5.74, 6) is 1.01. The summed E-state index contributed by atoms with van der Waals surface area (Å²) in [7, 11) is 1.44. The number of aryl methyl sites for hydroxylation is 2. The number of hydrogen-bond acceptors (Lipinski definition) is 7. The summed E-state index contributed by atoms with van der Waals surface area (Å²) in [6, 6.07) is 7.90. The lowest BCUT2D eigenvalue weighted by Crippen LogP contribution is -2.45. The number of carbonyl (C=O) groups excluding carboxylic acids is 1. The van der Waals surface area contributed by atoms with Crippen molar-refractivity contribution in [2.75, 3.05) is 12.8 Å². The third-order valence-electron chi connectivity index (χ3n) is 6.05. The highest BCUT2D eigenvalue weighted by Gasteiger charge is 2.33. The van der Waals surface area contributed by atoms with Gasteiger partial charge in [0.2, 0.25) is 0 Å². The lowest BCUT2D eigenvalue weighted by molar-refractivity contribution is -0.148. The van der Waals surface area contributed by atoms with Crippen molar-refractivity contribution in [3.8, 4) is 0 Å². The minimum Gasteiger partial charge on any atom is -0.468 e. The van der Waals surface area contributed by atoms with E-state index < -0.39 is 0 Å². The first-order chi connectivity index (χ1) is 14.1. The van der Waals surface area contributed by atoms with Gasteiger partial charge in [0.25, 0.3) is 0 Å². The van der Waals surface area contributed by atoms with E-state index in [9.17, 15) is 4.79 Å². The lowest BCUT2D eigenvalue weighted by atomic mass is 9.94. The second-order valence-electron chi connectivity index (χ2n) is 7.83. The third-order valence-corrected chi connectivity index (χ3v) is 7.24. The van der Waals surface area contributed by atoms with Gasteiger partial charge in [-0.3, -0.25) is 9.69 Å². The predicted molar refractivity (Wildman–Crippen MR) is 114 cm³/mol. The summed E-state index contributed by atoms with van der Waals surface area (Å²) >= 11 is 1.75. The fourth-order valence-electron chi connectivity index (χ4n) is 4.60. The highest BCUT2D eigenvalue weighted by molar-refractivity contribution is 7.19. The molecule has 3 heterocycles. The van der Waals surface area contributed by atoms with Gasteiger partial charge in [-0.05, 0) is 48.8 Å². The molecule has 0 radical (unpaired) electrons. The van der Waals surface area contributed by atoms with E-state index in [1.165, 1.54) is 41.5 Å². The summed E-state index contributed by atoms with van der Waals surface area (Å²) in [6.07, 6.45) is 5.24. The average Bonchev–Trinajstić information content (AvgIpc) is 3.11. The van der Waals surface area contributed by atoms with Gasteiger partial charge in [0.15, 0.2) is 0 Å². The van der Waals surface area contributed by atoms with Crippen molar-refractivity contribution in [3.05, 3.63) is 51.7 Å². The number of hydrogen-bond donors (Lipinski definition) is 1. The number of nitrogens with two attached hydrogens (primary N) is 1. The molecule has 5 rings (SSSR count). The molecule has 0 spiro atoms. The number of nitrogen functional groups attached to an aromatic ring is 1. The Kier molecular flexibility index (Phi) is 4.72. The van der Waals surface area contributed by atoms with Crippen molar-refractivity contribution in [1.29, 1.82) is 0 Å². The van der Waals surface area contributed by atoms with E-state index in [0.717, 1.165) is 23.1 Å². The van der Waals surface area contributed by atoms with Crippen LogP contribution in [0.5, 0.6) is 0 Å². The summed E-state index contributed by atoms with van der Waals surface area (Å²) < 4.78 is 5.08. The van der Waals surface area contributed by atoms with Crippen molar-refractivity contribution in [2.45, 2.75) is 51.2 Å². The number of rotatable bonds is 3. The molecule has 1 aromatic carbocycles. The molecular formula is C22H24N4O2S. The van der Waals surface area contributed by atoms with Crippen molar-refractivity contribution in [1.82, 2.24) is 14.9 Å². The number of carbonyl (C=O) groups is 1. The van der Waals surface area contributed by atoms with Crippen LogP contribution in [0.25, 0.3) is 10.2 Å². The van der Waals surface area contributed by atoms with E-state index in [-0.39, 0.29) is 12.0 Å². The van der Waals surface area contributed by atoms with E-state index in [0.29, 0.717) is 31.2 Å². The first kappa shape index (κ1) is 18.5. The third kappa shape index (κ3) is 3.28. The second kappa shape index (κ2) is 7.39. The molecule has 1 aliphatic heterocycles. The highest BCUT2D eigenvalue weighted by atomic mass is 32.1. The van der Waals surface area contributed by atoms with Gasteiger partial charge < -0.3 is 10.5 Å². The van der Waals surface area contributed by atoms with Crippen LogP contribution in [0, 0.1) is 0 Å². The normalized spacial score (nSPS) is 19.0. The first-order valence-corrected chi connectivity index (χ1v) is 10.9. The van der Waals surface area contributed by atoms with E-state index >= 15 is 0 Å². The van der Waals surface area contributed by atoms with Crippen molar-refractivity contribution >= 4 is 33.3 Å². The Morgan fingerprint density at radius 3 is 2.86 bits per heavy atom. The van der Waals surface area contributed by atoms with Crippen LogP contribution < -0.4 is 5.73 Å².